The van der Waals surface area contributed by atoms with Gasteiger partial charge in [0.2, 0.25) is 0 Å². The van der Waals surface area contributed by atoms with Crippen molar-refractivity contribution in [1.29, 1.82) is 0 Å². The average molecular weight is 289 g/mol. The largest absolute Gasteiger partial charge is 0.381 e. The lowest BCUT2D eigenvalue weighted by atomic mass is 9.98. The zero-order valence-corrected chi connectivity index (χ0v) is 13.1. The van der Waals surface area contributed by atoms with E-state index in [1.165, 1.54) is 44.3 Å². The lowest BCUT2D eigenvalue weighted by molar-refractivity contribution is 0.0152. The van der Waals surface area contributed by atoms with E-state index in [2.05, 4.69) is 34.0 Å². The van der Waals surface area contributed by atoms with E-state index in [0.717, 1.165) is 25.8 Å². The third-order valence-corrected chi connectivity index (χ3v) is 5.01. The van der Waals surface area contributed by atoms with Gasteiger partial charge in [-0.15, -0.1) is 0 Å². The van der Waals surface area contributed by atoms with Gasteiger partial charge in [-0.2, -0.15) is 0 Å². The Balaban J connectivity index is 1.46. The fourth-order valence-corrected chi connectivity index (χ4v) is 3.65. The van der Waals surface area contributed by atoms with Gasteiger partial charge < -0.3 is 9.64 Å². The number of pyridine rings is 1. The van der Waals surface area contributed by atoms with Crippen LogP contribution in [0.2, 0.25) is 0 Å². The number of hydrogen-bond acceptors (Lipinski definition) is 4. The maximum atomic E-state index is 5.48. The molecule has 0 atom stereocenters. The minimum atomic E-state index is 0.717. The lowest BCUT2D eigenvalue weighted by Crippen LogP contribution is -2.48. The summed E-state index contributed by atoms with van der Waals surface area (Å²) in [6, 6.07) is 5.72. The molecule has 0 aliphatic carbocycles. The molecule has 4 heteroatoms. The molecule has 2 fully saturated rings. The zero-order chi connectivity index (χ0) is 14.5. The maximum absolute atomic E-state index is 5.48. The molecule has 2 saturated heterocycles. The second-order valence-corrected chi connectivity index (χ2v) is 6.38. The Labute approximate surface area is 128 Å². The molecule has 0 spiro atoms. The van der Waals surface area contributed by atoms with E-state index in [-0.39, 0.29) is 0 Å². The van der Waals surface area contributed by atoms with Gasteiger partial charge >= 0.3 is 0 Å². The molecule has 0 radical (unpaired) electrons. The van der Waals surface area contributed by atoms with Crippen molar-refractivity contribution in [3.8, 4) is 0 Å². The summed E-state index contributed by atoms with van der Waals surface area (Å²) in [7, 11) is 2.26. The predicted octanol–water partition coefficient (Wildman–Crippen LogP) is 2.16. The molecule has 2 aliphatic rings. The molecule has 0 saturated carbocycles. The second-order valence-electron chi connectivity index (χ2n) is 6.38. The third-order valence-electron chi connectivity index (χ3n) is 5.01. The van der Waals surface area contributed by atoms with Crippen LogP contribution in [0, 0.1) is 0 Å². The summed E-state index contributed by atoms with van der Waals surface area (Å²) in [5.41, 5.74) is 1.36. The molecular weight excluding hydrogens is 262 g/mol. The van der Waals surface area contributed by atoms with Crippen LogP contribution >= 0.6 is 0 Å². The summed E-state index contributed by atoms with van der Waals surface area (Å²) >= 11 is 0. The monoisotopic (exact) mass is 289 g/mol. The molecule has 0 amide bonds. The third kappa shape index (κ3) is 4.02. The van der Waals surface area contributed by atoms with E-state index in [1.807, 2.05) is 12.4 Å². The van der Waals surface area contributed by atoms with Crippen LogP contribution in [0.1, 0.15) is 31.2 Å². The first kappa shape index (κ1) is 14.9. The van der Waals surface area contributed by atoms with Gasteiger partial charge in [0.25, 0.3) is 0 Å². The molecular formula is C17H27N3O. The highest BCUT2D eigenvalue weighted by Gasteiger charge is 2.27. The van der Waals surface area contributed by atoms with Crippen LogP contribution in [-0.4, -0.2) is 60.2 Å². The summed E-state index contributed by atoms with van der Waals surface area (Å²) in [5.74, 6) is 0. The number of piperidine rings is 1. The number of nitrogens with zero attached hydrogens (tertiary/aromatic N) is 3. The molecule has 3 rings (SSSR count). The van der Waals surface area contributed by atoms with Gasteiger partial charge in [0, 0.05) is 44.2 Å². The highest BCUT2D eigenvalue weighted by molar-refractivity contribution is 5.09. The number of aromatic nitrogens is 1. The smallest absolute Gasteiger partial charge is 0.0480 e. The van der Waals surface area contributed by atoms with E-state index in [0.29, 0.717) is 6.04 Å². The van der Waals surface area contributed by atoms with Gasteiger partial charge in [0.05, 0.1) is 0 Å². The SMILES string of the molecule is CN(Cc1ccncc1)C1CCN(C2CCOCC2)CC1. The van der Waals surface area contributed by atoms with Crippen molar-refractivity contribution in [2.24, 2.45) is 0 Å². The summed E-state index contributed by atoms with van der Waals surface area (Å²) in [6.45, 7) is 5.43. The van der Waals surface area contributed by atoms with Crippen molar-refractivity contribution in [2.45, 2.75) is 44.3 Å². The predicted molar refractivity (Wildman–Crippen MR) is 84.1 cm³/mol. The quantitative estimate of drug-likeness (QED) is 0.849. The van der Waals surface area contributed by atoms with Crippen LogP contribution in [0.15, 0.2) is 24.5 Å². The summed E-state index contributed by atoms with van der Waals surface area (Å²) in [5, 5.41) is 0. The normalized spacial score (nSPS) is 22.8. The van der Waals surface area contributed by atoms with Crippen molar-refractivity contribution in [3.63, 3.8) is 0 Å². The Morgan fingerprint density at radius 1 is 1.14 bits per heavy atom. The number of hydrogen-bond donors (Lipinski definition) is 0. The first-order chi connectivity index (χ1) is 10.3. The van der Waals surface area contributed by atoms with Gasteiger partial charge in [-0.05, 0) is 63.5 Å². The van der Waals surface area contributed by atoms with Crippen LogP contribution in [0.25, 0.3) is 0 Å². The molecule has 1 aromatic heterocycles. The number of likely N-dealkylation sites (tertiary alicyclic amines) is 1. The van der Waals surface area contributed by atoms with Crippen LogP contribution in [-0.2, 0) is 11.3 Å². The molecule has 2 aliphatic heterocycles. The Bertz CT molecular complexity index is 411. The van der Waals surface area contributed by atoms with Crippen LogP contribution < -0.4 is 0 Å². The first-order valence-corrected chi connectivity index (χ1v) is 8.24. The molecule has 0 unspecified atom stereocenters. The van der Waals surface area contributed by atoms with Gasteiger partial charge in [-0.3, -0.25) is 9.88 Å². The fourth-order valence-electron chi connectivity index (χ4n) is 3.65. The highest BCUT2D eigenvalue weighted by Crippen LogP contribution is 2.22. The van der Waals surface area contributed by atoms with E-state index < -0.39 is 0 Å². The minimum absolute atomic E-state index is 0.717. The van der Waals surface area contributed by atoms with Gasteiger partial charge in [-0.25, -0.2) is 0 Å². The Hall–Kier alpha value is -0.970. The Morgan fingerprint density at radius 2 is 1.81 bits per heavy atom. The van der Waals surface area contributed by atoms with Gasteiger partial charge in [-0.1, -0.05) is 0 Å². The second kappa shape index (κ2) is 7.34. The van der Waals surface area contributed by atoms with E-state index in [4.69, 9.17) is 4.74 Å². The minimum Gasteiger partial charge on any atom is -0.381 e. The number of rotatable bonds is 4. The molecule has 116 valence electrons. The highest BCUT2D eigenvalue weighted by atomic mass is 16.5. The molecule has 4 nitrogen and oxygen atoms in total. The summed E-state index contributed by atoms with van der Waals surface area (Å²) in [6.07, 6.45) is 8.79. The van der Waals surface area contributed by atoms with E-state index >= 15 is 0 Å². The van der Waals surface area contributed by atoms with Crippen LogP contribution in [0.5, 0.6) is 0 Å². The molecule has 3 heterocycles. The average Bonchev–Trinajstić information content (AvgIpc) is 2.57. The first-order valence-electron chi connectivity index (χ1n) is 8.24. The standard InChI is InChI=1S/C17H27N3O/c1-19(14-15-2-8-18-9-3-15)16-4-10-20(11-5-16)17-6-12-21-13-7-17/h2-3,8-9,16-17H,4-7,10-14H2,1H3. The van der Waals surface area contributed by atoms with Crippen LogP contribution in [0.3, 0.4) is 0 Å². The fraction of sp³-hybridized carbons (Fsp3) is 0.706. The number of ether oxygens (including phenoxy) is 1. The summed E-state index contributed by atoms with van der Waals surface area (Å²) in [4.78, 5) is 9.30. The lowest BCUT2D eigenvalue weighted by Gasteiger charge is -2.41. The van der Waals surface area contributed by atoms with Crippen molar-refractivity contribution in [1.82, 2.24) is 14.8 Å². The van der Waals surface area contributed by atoms with Gasteiger partial charge in [0.1, 0.15) is 0 Å². The topological polar surface area (TPSA) is 28.6 Å². The molecule has 0 aromatic carbocycles. The molecule has 1 aromatic rings. The Kier molecular flexibility index (Phi) is 5.22. The van der Waals surface area contributed by atoms with Crippen molar-refractivity contribution in [2.75, 3.05) is 33.4 Å². The van der Waals surface area contributed by atoms with Crippen molar-refractivity contribution in [3.05, 3.63) is 30.1 Å². The maximum Gasteiger partial charge on any atom is 0.0480 e. The summed E-state index contributed by atoms with van der Waals surface area (Å²) < 4.78 is 5.48. The Morgan fingerprint density at radius 3 is 2.48 bits per heavy atom. The van der Waals surface area contributed by atoms with Crippen molar-refractivity contribution < 1.29 is 4.74 Å². The zero-order valence-electron chi connectivity index (χ0n) is 13.1. The van der Waals surface area contributed by atoms with Gasteiger partial charge in [0.15, 0.2) is 0 Å². The molecule has 21 heavy (non-hydrogen) atoms. The van der Waals surface area contributed by atoms with Crippen molar-refractivity contribution >= 4 is 0 Å². The molecule has 0 bridgehead atoms. The van der Waals surface area contributed by atoms with E-state index in [9.17, 15) is 0 Å². The molecule has 0 N–H and O–H groups in total. The van der Waals surface area contributed by atoms with Crippen LogP contribution in [0.4, 0.5) is 0 Å². The van der Waals surface area contributed by atoms with E-state index in [1.54, 1.807) is 0 Å².